The molecule has 0 aromatic carbocycles. The van der Waals surface area contributed by atoms with E-state index in [0.29, 0.717) is 5.92 Å². The minimum atomic E-state index is -0.559. The molecule has 2 fully saturated rings. The summed E-state index contributed by atoms with van der Waals surface area (Å²) in [7, 11) is 0. The van der Waals surface area contributed by atoms with Crippen molar-refractivity contribution in [2.45, 2.75) is 38.7 Å². The molecule has 2 aliphatic rings. The lowest BCUT2D eigenvalue weighted by Crippen LogP contribution is -2.56. The van der Waals surface area contributed by atoms with E-state index in [4.69, 9.17) is 4.74 Å². The van der Waals surface area contributed by atoms with Crippen LogP contribution in [-0.4, -0.2) is 47.0 Å². The van der Waals surface area contributed by atoms with Crippen LogP contribution in [0.15, 0.2) is 12.4 Å². The van der Waals surface area contributed by atoms with E-state index in [-0.39, 0.29) is 5.92 Å². The van der Waals surface area contributed by atoms with Crippen molar-refractivity contribution in [3.8, 4) is 0 Å². The zero-order valence-electron chi connectivity index (χ0n) is 13.0. The maximum atomic E-state index is 11.2. The number of aromatic nitrogens is 2. The number of ether oxygens (including phenoxy) is 1. The highest BCUT2D eigenvalue weighted by molar-refractivity contribution is 5.43. The van der Waals surface area contributed by atoms with Crippen molar-refractivity contribution in [1.82, 2.24) is 9.97 Å². The summed E-state index contributed by atoms with van der Waals surface area (Å²) in [6.45, 7) is 7.41. The van der Waals surface area contributed by atoms with E-state index in [1.54, 1.807) is 12.4 Å². The zero-order valence-corrected chi connectivity index (χ0v) is 13.0. The van der Waals surface area contributed by atoms with Crippen molar-refractivity contribution in [1.29, 1.82) is 0 Å². The second-order valence-electron chi connectivity index (χ2n) is 6.44. The van der Waals surface area contributed by atoms with Gasteiger partial charge in [0.05, 0.1) is 11.3 Å². The number of piperidine rings is 1. The third-order valence-corrected chi connectivity index (χ3v) is 5.21. The van der Waals surface area contributed by atoms with Gasteiger partial charge in [0.1, 0.15) is 5.82 Å². The van der Waals surface area contributed by atoms with Crippen molar-refractivity contribution in [2.75, 3.05) is 31.2 Å². The molecule has 0 bridgehead atoms. The summed E-state index contributed by atoms with van der Waals surface area (Å²) < 4.78 is 5.44. The van der Waals surface area contributed by atoms with Gasteiger partial charge in [-0.2, -0.15) is 0 Å². The van der Waals surface area contributed by atoms with Gasteiger partial charge >= 0.3 is 0 Å². The summed E-state index contributed by atoms with van der Waals surface area (Å²) >= 11 is 0. The second kappa shape index (κ2) is 5.89. The molecule has 1 aromatic rings. The van der Waals surface area contributed by atoms with Crippen LogP contribution in [0.5, 0.6) is 0 Å². The molecule has 1 aromatic heterocycles. The lowest BCUT2D eigenvalue weighted by atomic mass is 9.70. The standard InChI is InChI=1S/C16H25N3O2/c1-12-11-19(15-13(2)17-6-7-18-15)8-5-16(12,20)14-3-9-21-10-4-14/h6-7,12,14,20H,3-5,8-11H2,1-2H3. The second-order valence-corrected chi connectivity index (χ2v) is 6.44. The summed E-state index contributed by atoms with van der Waals surface area (Å²) in [5.74, 6) is 1.56. The molecule has 3 rings (SSSR count). The number of hydrogen-bond donors (Lipinski definition) is 1. The SMILES string of the molecule is Cc1nccnc1N1CCC(O)(C2CCOCC2)C(C)C1. The van der Waals surface area contributed by atoms with E-state index in [2.05, 4.69) is 21.8 Å². The van der Waals surface area contributed by atoms with Gasteiger partial charge in [-0.3, -0.25) is 4.98 Å². The van der Waals surface area contributed by atoms with E-state index < -0.39 is 5.60 Å². The predicted octanol–water partition coefficient (Wildman–Crippen LogP) is 1.79. The van der Waals surface area contributed by atoms with Crippen LogP contribution >= 0.6 is 0 Å². The molecule has 0 amide bonds. The Morgan fingerprint density at radius 2 is 2.00 bits per heavy atom. The van der Waals surface area contributed by atoms with Gasteiger partial charge in [0.15, 0.2) is 0 Å². The van der Waals surface area contributed by atoms with Crippen LogP contribution in [0.25, 0.3) is 0 Å². The topological polar surface area (TPSA) is 58.5 Å². The van der Waals surface area contributed by atoms with Gasteiger partial charge in [-0.1, -0.05) is 6.92 Å². The highest BCUT2D eigenvalue weighted by atomic mass is 16.5. The molecule has 2 aliphatic heterocycles. The average molecular weight is 291 g/mol. The van der Waals surface area contributed by atoms with Crippen LogP contribution in [0, 0.1) is 18.8 Å². The number of aliphatic hydroxyl groups is 1. The number of anilines is 1. The van der Waals surface area contributed by atoms with Gasteiger partial charge < -0.3 is 14.7 Å². The lowest BCUT2D eigenvalue weighted by Gasteiger charge is -2.49. The first-order valence-electron chi connectivity index (χ1n) is 7.94. The molecule has 3 heterocycles. The minimum absolute atomic E-state index is 0.232. The van der Waals surface area contributed by atoms with Crippen molar-refractivity contribution in [3.63, 3.8) is 0 Å². The molecular weight excluding hydrogens is 266 g/mol. The molecule has 116 valence electrons. The van der Waals surface area contributed by atoms with Gasteiger partial charge in [-0.05, 0) is 32.1 Å². The number of aryl methyl sites for hydroxylation is 1. The Morgan fingerprint density at radius 1 is 1.29 bits per heavy atom. The molecule has 21 heavy (non-hydrogen) atoms. The van der Waals surface area contributed by atoms with E-state index >= 15 is 0 Å². The third-order valence-electron chi connectivity index (χ3n) is 5.21. The van der Waals surface area contributed by atoms with Crippen LogP contribution in [0.2, 0.25) is 0 Å². The molecular formula is C16H25N3O2. The van der Waals surface area contributed by atoms with Gasteiger partial charge in [0, 0.05) is 44.6 Å². The monoisotopic (exact) mass is 291 g/mol. The third kappa shape index (κ3) is 2.77. The Morgan fingerprint density at radius 3 is 2.67 bits per heavy atom. The smallest absolute Gasteiger partial charge is 0.150 e. The van der Waals surface area contributed by atoms with Crippen LogP contribution in [0.3, 0.4) is 0 Å². The van der Waals surface area contributed by atoms with Gasteiger partial charge in [0.2, 0.25) is 0 Å². The molecule has 0 spiro atoms. The Hall–Kier alpha value is -1.20. The molecule has 0 saturated carbocycles. The quantitative estimate of drug-likeness (QED) is 0.900. The van der Waals surface area contributed by atoms with E-state index in [9.17, 15) is 5.11 Å². The molecule has 2 unspecified atom stereocenters. The summed E-state index contributed by atoms with van der Waals surface area (Å²) in [6.07, 6.45) is 6.22. The fraction of sp³-hybridized carbons (Fsp3) is 0.750. The molecule has 5 nitrogen and oxygen atoms in total. The lowest BCUT2D eigenvalue weighted by molar-refractivity contribution is -0.108. The molecule has 2 atom stereocenters. The number of hydrogen-bond acceptors (Lipinski definition) is 5. The predicted molar refractivity (Wildman–Crippen MR) is 81.3 cm³/mol. The Labute approximate surface area is 126 Å². The molecule has 0 radical (unpaired) electrons. The van der Waals surface area contributed by atoms with E-state index in [1.807, 2.05) is 6.92 Å². The fourth-order valence-corrected chi connectivity index (χ4v) is 3.85. The van der Waals surface area contributed by atoms with Crippen LogP contribution < -0.4 is 4.90 Å². The summed E-state index contributed by atoms with van der Waals surface area (Å²) in [4.78, 5) is 11.0. The Bertz CT molecular complexity index is 490. The highest BCUT2D eigenvalue weighted by Gasteiger charge is 2.45. The van der Waals surface area contributed by atoms with E-state index in [1.165, 1.54) is 0 Å². The van der Waals surface area contributed by atoms with Crippen molar-refractivity contribution in [2.24, 2.45) is 11.8 Å². The summed E-state index contributed by atoms with van der Waals surface area (Å²) in [5.41, 5.74) is 0.400. The average Bonchev–Trinajstić information content (AvgIpc) is 2.52. The van der Waals surface area contributed by atoms with Crippen molar-refractivity contribution < 1.29 is 9.84 Å². The number of nitrogens with zero attached hydrogens (tertiary/aromatic N) is 3. The first-order chi connectivity index (χ1) is 10.1. The molecule has 1 N–H and O–H groups in total. The zero-order chi connectivity index (χ0) is 14.9. The van der Waals surface area contributed by atoms with Gasteiger partial charge in [-0.15, -0.1) is 0 Å². The largest absolute Gasteiger partial charge is 0.389 e. The van der Waals surface area contributed by atoms with Gasteiger partial charge in [-0.25, -0.2) is 4.98 Å². The fourth-order valence-electron chi connectivity index (χ4n) is 3.85. The minimum Gasteiger partial charge on any atom is -0.389 e. The molecule has 2 saturated heterocycles. The van der Waals surface area contributed by atoms with Crippen LogP contribution in [-0.2, 0) is 4.74 Å². The normalized spacial score (nSPS) is 31.4. The first-order valence-corrected chi connectivity index (χ1v) is 7.94. The van der Waals surface area contributed by atoms with Crippen molar-refractivity contribution in [3.05, 3.63) is 18.1 Å². The van der Waals surface area contributed by atoms with Crippen LogP contribution in [0.1, 0.15) is 31.9 Å². The first kappa shape index (κ1) is 14.7. The molecule has 0 aliphatic carbocycles. The maximum absolute atomic E-state index is 11.2. The molecule has 5 heteroatoms. The van der Waals surface area contributed by atoms with Gasteiger partial charge in [0.25, 0.3) is 0 Å². The highest BCUT2D eigenvalue weighted by Crippen LogP contribution is 2.40. The summed E-state index contributed by atoms with van der Waals surface area (Å²) in [6, 6.07) is 0. The Balaban J connectivity index is 1.73. The Kier molecular flexibility index (Phi) is 4.13. The maximum Gasteiger partial charge on any atom is 0.150 e. The number of rotatable bonds is 2. The van der Waals surface area contributed by atoms with Crippen molar-refractivity contribution >= 4 is 5.82 Å². The van der Waals surface area contributed by atoms with E-state index in [0.717, 1.165) is 57.1 Å². The van der Waals surface area contributed by atoms with Crippen LogP contribution in [0.4, 0.5) is 5.82 Å². The summed E-state index contributed by atoms with van der Waals surface area (Å²) in [5, 5.41) is 11.2.